The lowest BCUT2D eigenvalue weighted by molar-refractivity contribution is -0.352. The zero-order chi connectivity index (χ0) is 18.7. The number of allylic oxidation sites excluding steroid dienone is 2. The molecule has 0 aromatic carbocycles. The Balaban J connectivity index is 1.47. The van der Waals surface area contributed by atoms with E-state index in [1.807, 2.05) is 0 Å². The first-order chi connectivity index (χ1) is 12.4. The van der Waals surface area contributed by atoms with Crippen molar-refractivity contribution in [3.63, 3.8) is 0 Å². The summed E-state index contributed by atoms with van der Waals surface area (Å²) in [5.74, 6) is 2.27. The second-order valence-corrected chi connectivity index (χ2v) is 8.63. The highest BCUT2D eigenvalue weighted by Gasteiger charge is 2.42. The molecular weight excluding hydrogens is 344 g/mol. The van der Waals surface area contributed by atoms with E-state index in [2.05, 4.69) is 17.7 Å². The molecule has 3 rings (SSSR count). The van der Waals surface area contributed by atoms with Crippen LogP contribution < -0.4 is 0 Å². The van der Waals surface area contributed by atoms with Crippen LogP contribution in [0.15, 0.2) is 11.6 Å². The van der Waals surface area contributed by atoms with Crippen LogP contribution in [-0.2, 0) is 4.74 Å². The van der Waals surface area contributed by atoms with Crippen LogP contribution in [0.4, 0.5) is 17.6 Å². The summed E-state index contributed by atoms with van der Waals surface area (Å²) in [4.78, 5) is 0. The van der Waals surface area contributed by atoms with E-state index in [1.54, 1.807) is 5.57 Å². The van der Waals surface area contributed by atoms with E-state index in [0.29, 0.717) is 12.3 Å². The van der Waals surface area contributed by atoms with Crippen molar-refractivity contribution in [3.05, 3.63) is 11.6 Å². The lowest BCUT2D eigenvalue weighted by Crippen LogP contribution is -2.39. The summed E-state index contributed by atoms with van der Waals surface area (Å²) in [6, 6.07) is 0. The van der Waals surface area contributed by atoms with Crippen LogP contribution in [0, 0.1) is 23.7 Å². The van der Waals surface area contributed by atoms with Gasteiger partial charge in [0.1, 0.15) is 6.17 Å². The molecule has 4 unspecified atom stereocenters. The minimum Gasteiger partial charge on any atom is -0.286 e. The molecule has 2 fully saturated rings. The molecule has 0 aromatic heterocycles. The summed E-state index contributed by atoms with van der Waals surface area (Å²) in [6.07, 6.45) is 5.63. The second kappa shape index (κ2) is 8.62. The zero-order valence-electron chi connectivity index (χ0n) is 15.7. The molecule has 150 valence electrons. The molecule has 26 heavy (non-hydrogen) atoms. The summed E-state index contributed by atoms with van der Waals surface area (Å²) >= 11 is 0. The highest BCUT2D eigenvalue weighted by Crippen LogP contribution is 2.44. The molecule has 0 radical (unpaired) electrons. The van der Waals surface area contributed by atoms with Crippen LogP contribution in [0.5, 0.6) is 0 Å². The van der Waals surface area contributed by atoms with Gasteiger partial charge in [-0.3, -0.25) is 4.74 Å². The van der Waals surface area contributed by atoms with Gasteiger partial charge in [0.15, 0.2) is 0 Å². The Morgan fingerprint density at radius 2 is 1.73 bits per heavy atom. The van der Waals surface area contributed by atoms with Gasteiger partial charge in [-0.25, -0.2) is 4.39 Å². The molecule has 0 spiro atoms. The highest BCUT2D eigenvalue weighted by molar-refractivity contribution is 5.12. The summed E-state index contributed by atoms with van der Waals surface area (Å²) in [5.41, 5.74) is 1.60. The van der Waals surface area contributed by atoms with Crippen LogP contribution in [-0.4, -0.2) is 18.6 Å². The van der Waals surface area contributed by atoms with Gasteiger partial charge in [-0.2, -0.15) is 0 Å². The Labute approximate surface area is 154 Å². The van der Waals surface area contributed by atoms with E-state index < -0.39 is 18.6 Å². The van der Waals surface area contributed by atoms with Crippen molar-refractivity contribution in [3.8, 4) is 0 Å². The molecule has 3 aliphatic rings. The number of hydrogen-bond donors (Lipinski definition) is 0. The third kappa shape index (κ3) is 5.24. The molecule has 5 heteroatoms. The number of alkyl halides is 4. The van der Waals surface area contributed by atoms with E-state index in [9.17, 15) is 17.6 Å². The van der Waals surface area contributed by atoms with Crippen LogP contribution >= 0.6 is 0 Å². The normalized spacial score (nSPS) is 39.5. The molecule has 0 saturated heterocycles. The fourth-order valence-corrected chi connectivity index (χ4v) is 5.47. The SMILES string of the molecule is CCC1CCC(C2=CCC(C3CCC(OC(F)(F)F)C(F)C3)CC2)CC1. The van der Waals surface area contributed by atoms with Crippen molar-refractivity contribution >= 4 is 0 Å². The van der Waals surface area contributed by atoms with Crippen LogP contribution in [0.25, 0.3) is 0 Å². The molecule has 2 saturated carbocycles. The Kier molecular flexibility index (Phi) is 6.68. The van der Waals surface area contributed by atoms with Gasteiger partial charge in [-0.1, -0.05) is 25.0 Å². The smallest absolute Gasteiger partial charge is 0.286 e. The third-order valence-electron chi connectivity index (χ3n) is 7.14. The lowest BCUT2D eigenvalue weighted by Gasteiger charge is -2.38. The minimum absolute atomic E-state index is 0.180. The average Bonchev–Trinajstić information content (AvgIpc) is 2.63. The summed E-state index contributed by atoms with van der Waals surface area (Å²) in [6.45, 7) is 2.28. The molecule has 0 heterocycles. The average molecular weight is 376 g/mol. The molecule has 0 bridgehead atoms. The Morgan fingerprint density at radius 3 is 2.27 bits per heavy atom. The van der Waals surface area contributed by atoms with Gasteiger partial charge >= 0.3 is 6.36 Å². The van der Waals surface area contributed by atoms with Gasteiger partial charge in [0.25, 0.3) is 0 Å². The maximum absolute atomic E-state index is 14.2. The van der Waals surface area contributed by atoms with Crippen molar-refractivity contribution in [1.29, 1.82) is 0 Å². The van der Waals surface area contributed by atoms with E-state index in [-0.39, 0.29) is 18.8 Å². The van der Waals surface area contributed by atoms with E-state index >= 15 is 0 Å². The van der Waals surface area contributed by atoms with Gasteiger partial charge in [-0.15, -0.1) is 13.2 Å². The monoisotopic (exact) mass is 376 g/mol. The van der Waals surface area contributed by atoms with E-state index in [0.717, 1.165) is 31.1 Å². The van der Waals surface area contributed by atoms with Crippen molar-refractivity contribution in [2.45, 2.75) is 96.2 Å². The quantitative estimate of drug-likeness (QED) is 0.380. The number of rotatable bonds is 4. The zero-order valence-corrected chi connectivity index (χ0v) is 15.7. The Morgan fingerprint density at radius 1 is 1.00 bits per heavy atom. The minimum atomic E-state index is -4.74. The van der Waals surface area contributed by atoms with Crippen LogP contribution in [0.3, 0.4) is 0 Å². The van der Waals surface area contributed by atoms with E-state index in [1.165, 1.54) is 32.1 Å². The fraction of sp³-hybridized carbons (Fsp3) is 0.905. The Hall–Kier alpha value is -0.580. The summed E-state index contributed by atoms with van der Waals surface area (Å²) < 4.78 is 55.1. The first-order valence-electron chi connectivity index (χ1n) is 10.4. The first-order valence-corrected chi connectivity index (χ1v) is 10.4. The predicted molar refractivity (Wildman–Crippen MR) is 94.3 cm³/mol. The molecule has 0 N–H and O–H groups in total. The van der Waals surface area contributed by atoms with E-state index in [4.69, 9.17) is 0 Å². The molecule has 4 atom stereocenters. The molecule has 3 aliphatic carbocycles. The van der Waals surface area contributed by atoms with Crippen LogP contribution in [0.1, 0.15) is 77.6 Å². The van der Waals surface area contributed by atoms with Gasteiger partial charge in [0.05, 0.1) is 6.10 Å². The fourth-order valence-electron chi connectivity index (χ4n) is 5.47. The molecule has 0 aromatic rings. The molecule has 1 nitrogen and oxygen atoms in total. The largest absolute Gasteiger partial charge is 0.522 e. The van der Waals surface area contributed by atoms with Gasteiger partial charge in [0, 0.05) is 0 Å². The first kappa shape index (κ1) is 20.2. The van der Waals surface area contributed by atoms with Crippen molar-refractivity contribution in [2.75, 3.05) is 0 Å². The van der Waals surface area contributed by atoms with Crippen molar-refractivity contribution in [1.82, 2.24) is 0 Å². The Bertz CT molecular complexity index is 479. The lowest BCUT2D eigenvalue weighted by atomic mass is 9.69. The van der Waals surface area contributed by atoms with Crippen molar-refractivity contribution < 1.29 is 22.3 Å². The van der Waals surface area contributed by atoms with Crippen LogP contribution in [0.2, 0.25) is 0 Å². The summed E-state index contributed by atoms with van der Waals surface area (Å²) in [7, 11) is 0. The third-order valence-corrected chi connectivity index (χ3v) is 7.14. The maximum atomic E-state index is 14.2. The molecular formula is C21H32F4O. The van der Waals surface area contributed by atoms with Gasteiger partial charge in [0.2, 0.25) is 0 Å². The molecule has 0 amide bonds. The topological polar surface area (TPSA) is 9.23 Å². The highest BCUT2D eigenvalue weighted by atomic mass is 19.4. The molecule has 0 aliphatic heterocycles. The summed E-state index contributed by atoms with van der Waals surface area (Å²) in [5, 5.41) is 0. The van der Waals surface area contributed by atoms with Crippen molar-refractivity contribution in [2.24, 2.45) is 23.7 Å². The van der Waals surface area contributed by atoms with Gasteiger partial charge < -0.3 is 0 Å². The number of hydrogen-bond acceptors (Lipinski definition) is 1. The predicted octanol–water partition coefficient (Wildman–Crippen LogP) is 6.97. The standard InChI is InChI=1S/C21H32F4O/c1-2-14-3-5-15(6-4-14)16-7-9-17(10-8-16)18-11-12-20(19(22)13-18)26-21(23,24)25/h7,14-15,17-20H,2-6,8-13H2,1H3. The van der Waals surface area contributed by atoms with Gasteiger partial charge in [-0.05, 0) is 87.9 Å². The maximum Gasteiger partial charge on any atom is 0.522 e. The number of ether oxygens (including phenoxy) is 1. The number of halogens is 4. The second-order valence-electron chi connectivity index (χ2n) is 8.63.